The maximum atomic E-state index is 13.4. The minimum absolute atomic E-state index is 0.0141. The SMILES string of the molecule is CN(C[C@H](CC1C[C@@H](F)[C@@H](F)C1)NC(=O)OCc1ccccc1)C(=O)O. The lowest BCUT2D eigenvalue weighted by Gasteiger charge is -2.25. The Morgan fingerprint density at radius 2 is 1.88 bits per heavy atom. The molecule has 1 aromatic rings. The van der Waals surface area contributed by atoms with Crippen molar-refractivity contribution in [3.63, 3.8) is 0 Å². The Morgan fingerprint density at radius 1 is 1.27 bits per heavy atom. The largest absolute Gasteiger partial charge is 0.465 e. The van der Waals surface area contributed by atoms with E-state index < -0.39 is 30.6 Å². The highest BCUT2D eigenvalue weighted by Gasteiger charge is 2.36. The van der Waals surface area contributed by atoms with Gasteiger partial charge in [-0.1, -0.05) is 30.3 Å². The van der Waals surface area contributed by atoms with Gasteiger partial charge in [0, 0.05) is 13.6 Å². The third kappa shape index (κ3) is 6.16. The Bertz CT molecular complexity index is 592. The summed E-state index contributed by atoms with van der Waals surface area (Å²) in [5, 5.41) is 11.6. The van der Waals surface area contributed by atoms with Gasteiger partial charge in [0.25, 0.3) is 0 Å². The lowest BCUT2D eigenvalue weighted by molar-refractivity contribution is 0.125. The molecular weight excluding hydrogens is 346 g/mol. The summed E-state index contributed by atoms with van der Waals surface area (Å²) in [5.74, 6) is -0.249. The number of ether oxygens (including phenoxy) is 1. The highest BCUT2D eigenvalue weighted by molar-refractivity contribution is 5.68. The highest BCUT2D eigenvalue weighted by atomic mass is 19.2. The number of carbonyl (C=O) groups excluding carboxylic acids is 1. The number of benzene rings is 1. The van der Waals surface area contributed by atoms with Crippen molar-refractivity contribution in [3.05, 3.63) is 35.9 Å². The smallest absolute Gasteiger partial charge is 0.407 e. The Kier molecular flexibility index (Phi) is 7.17. The molecule has 0 spiro atoms. The van der Waals surface area contributed by atoms with Crippen LogP contribution in [0.15, 0.2) is 30.3 Å². The molecule has 1 saturated carbocycles. The van der Waals surface area contributed by atoms with E-state index in [-0.39, 0.29) is 31.9 Å². The molecule has 1 unspecified atom stereocenters. The van der Waals surface area contributed by atoms with Crippen LogP contribution in [0.2, 0.25) is 0 Å². The predicted molar refractivity (Wildman–Crippen MR) is 91.3 cm³/mol. The van der Waals surface area contributed by atoms with E-state index in [0.717, 1.165) is 10.5 Å². The molecule has 2 rings (SSSR count). The van der Waals surface area contributed by atoms with Crippen LogP contribution in [0.1, 0.15) is 24.8 Å². The molecule has 0 heterocycles. The number of halogens is 2. The standard InChI is InChI=1S/C18H24F2N2O4/c1-22(18(24)25)10-14(7-13-8-15(19)16(20)9-13)21-17(23)26-11-12-5-3-2-4-6-12/h2-6,13-16H,7-11H2,1H3,(H,21,23)(H,24,25)/t13?,14-,15-,16+/m0/s1. The van der Waals surface area contributed by atoms with Gasteiger partial charge < -0.3 is 20.1 Å². The van der Waals surface area contributed by atoms with Crippen molar-refractivity contribution in [1.82, 2.24) is 10.2 Å². The highest BCUT2D eigenvalue weighted by Crippen LogP contribution is 2.33. The molecule has 0 radical (unpaired) electrons. The van der Waals surface area contributed by atoms with Crippen LogP contribution < -0.4 is 5.32 Å². The molecule has 1 aliphatic rings. The summed E-state index contributed by atoms with van der Waals surface area (Å²) in [7, 11) is 1.37. The molecule has 2 N–H and O–H groups in total. The lowest BCUT2D eigenvalue weighted by atomic mass is 9.98. The van der Waals surface area contributed by atoms with Crippen LogP contribution in [-0.2, 0) is 11.3 Å². The molecule has 6 nitrogen and oxygen atoms in total. The maximum absolute atomic E-state index is 13.4. The van der Waals surface area contributed by atoms with Crippen molar-refractivity contribution >= 4 is 12.2 Å². The van der Waals surface area contributed by atoms with Gasteiger partial charge in [-0.25, -0.2) is 18.4 Å². The number of hydrogen-bond donors (Lipinski definition) is 2. The summed E-state index contributed by atoms with van der Waals surface area (Å²) in [4.78, 5) is 24.1. The van der Waals surface area contributed by atoms with E-state index in [1.54, 1.807) is 0 Å². The second kappa shape index (κ2) is 9.35. The number of carboxylic acid groups (broad SMARTS) is 1. The van der Waals surface area contributed by atoms with Crippen molar-refractivity contribution < 1.29 is 28.2 Å². The number of rotatable bonds is 7. The van der Waals surface area contributed by atoms with Gasteiger partial charge in [0.2, 0.25) is 0 Å². The number of hydrogen-bond acceptors (Lipinski definition) is 3. The molecule has 0 saturated heterocycles. The molecule has 1 aromatic carbocycles. The first-order valence-corrected chi connectivity index (χ1v) is 8.54. The number of carbonyl (C=O) groups is 2. The molecule has 0 bridgehead atoms. The number of amides is 2. The van der Waals surface area contributed by atoms with Gasteiger partial charge in [0.1, 0.15) is 19.0 Å². The third-order valence-electron chi connectivity index (χ3n) is 4.48. The Hall–Kier alpha value is -2.38. The number of nitrogens with one attached hydrogen (secondary N) is 1. The number of likely N-dealkylation sites (N-methyl/N-ethyl adjacent to an activating group) is 1. The number of nitrogens with zero attached hydrogens (tertiary/aromatic N) is 1. The average Bonchev–Trinajstić information content (AvgIpc) is 2.91. The van der Waals surface area contributed by atoms with E-state index in [1.165, 1.54) is 7.05 Å². The zero-order valence-electron chi connectivity index (χ0n) is 14.6. The first-order chi connectivity index (χ1) is 12.3. The van der Waals surface area contributed by atoms with Crippen molar-refractivity contribution in [2.45, 2.75) is 44.3 Å². The summed E-state index contributed by atoms with van der Waals surface area (Å²) in [6.07, 6.45) is -4.38. The van der Waals surface area contributed by atoms with Crippen molar-refractivity contribution in [3.8, 4) is 0 Å². The second-order valence-corrected chi connectivity index (χ2v) is 6.67. The van der Waals surface area contributed by atoms with Gasteiger partial charge in [-0.2, -0.15) is 0 Å². The van der Waals surface area contributed by atoms with Gasteiger partial charge in [0.05, 0.1) is 6.04 Å². The average molecular weight is 370 g/mol. The normalized spacial score (nSPS) is 23.3. The first-order valence-electron chi connectivity index (χ1n) is 8.54. The minimum atomic E-state index is -1.50. The minimum Gasteiger partial charge on any atom is -0.465 e. The first kappa shape index (κ1) is 19.9. The summed E-state index contributed by atoms with van der Waals surface area (Å²) in [6, 6.07) is 8.53. The van der Waals surface area contributed by atoms with Crippen molar-refractivity contribution in [2.24, 2.45) is 5.92 Å². The maximum Gasteiger partial charge on any atom is 0.407 e. The number of alkyl halides is 2. The summed E-state index contributed by atoms with van der Waals surface area (Å²) in [6.45, 7) is 0.0941. The molecule has 2 amide bonds. The Labute approximate surface area is 151 Å². The quantitative estimate of drug-likeness (QED) is 0.771. The van der Waals surface area contributed by atoms with Gasteiger partial charge in [-0.3, -0.25) is 0 Å². The zero-order chi connectivity index (χ0) is 19.1. The van der Waals surface area contributed by atoms with Crippen molar-refractivity contribution in [1.29, 1.82) is 0 Å². The van der Waals surface area contributed by atoms with Crippen LogP contribution in [0.4, 0.5) is 18.4 Å². The molecule has 0 aromatic heterocycles. The van der Waals surface area contributed by atoms with Crippen LogP contribution in [-0.4, -0.2) is 54.2 Å². The van der Waals surface area contributed by atoms with Crippen LogP contribution in [0.3, 0.4) is 0 Å². The molecule has 4 atom stereocenters. The lowest BCUT2D eigenvalue weighted by Crippen LogP contribution is -2.45. The van der Waals surface area contributed by atoms with Gasteiger partial charge in [-0.15, -0.1) is 0 Å². The summed E-state index contributed by atoms with van der Waals surface area (Å²) < 4.78 is 31.9. The topological polar surface area (TPSA) is 78.9 Å². The van der Waals surface area contributed by atoms with Crippen LogP contribution in [0.5, 0.6) is 0 Å². The fourth-order valence-electron chi connectivity index (χ4n) is 3.14. The molecule has 144 valence electrons. The van der Waals surface area contributed by atoms with E-state index in [9.17, 15) is 18.4 Å². The van der Waals surface area contributed by atoms with Gasteiger partial charge >= 0.3 is 12.2 Å². The van der Waals surface area contributed by atoms with Crippen LogP contribution in [0.25, 0.3) is 0 Å². The van der Waals surface area contributed by atoms with Crippen LogP contribution >= 0.6 is 0 Å². The molecule has 26 heavy (non-hydrogen) atoms. The molecule has 8 heteroatoms. The predicted octanol–water partition coefficient (Wildman–Crippen LogP) is 3.37. The van der Waals surface area contributed by atoms with E-state index in [0.29, 0.717) is 6.42 Å². The van der Waals surface area contributed by atoms with Crippen molar-refractivity contribution in [2.75, 3.05) is 13.6 Å². The fraction of sp³-hybridized carbons (Fsp3) is 0.556. The molecule has 1 fully saturated rings. The van der Waals surface area contributed by atoms with Gasteiger partial charge in [0.15, 0.2) is 0 Å². The van der Waals surface area contributed by atoms with Gasteiger partial charge in [-0.05, 0) is 30.7 Å². The summed E-state index contributed by atoms with van der Waals surface area (Å²) in [5.41, 5.74) is 0.818. The van der Waals surface area contributed by atoms with E-state index in [1.807, 2.05) is 30.3 Å². The zero-order valence-corrected chi connectivity index (χ0v) is 14.6. The number of alkyl carbamates (subject to hydrolysis) is 1. The van der Waals surface area contributed by atoms with E-state index in [4.69, 9.17) is 9.84 Å². The Balaban J connectivity index is 1.89. The fourth-order valence-corrected chi connectivity index (χ4v) is 3.14. The monoisotopic (exact) mass is 370 g/mol. The molecular formula is C18H24F2N2O4. The second-order valence-electron chi connectivity index (χ2n) is 6.67. The Morgan fingerprint density at radius 3 is 2.46 bits per heavy atom. The third-order valence-corrected chi connectivity index (χ3v) is 4.48. The molecule has 0 aliphatic heterocycles. The van der Waals surface area contributed by atoms with E-state index >= 15 is 0 Å². The summed E-state index contributed by atoms with van der Waals surface area (Å²) >= 11 is 0. The van der Waals surface area contributed by atoms with E-state index in [2.05, 4.69) is 5.32 Å². The molecule has 1 aliphatic carbocycles. The van der Waals surface area contributed by atoms with Crippen LogP contribution in [0, 0.1) is 5.92 Å².